The molecule has 1 heterocycles. The van der Waals surface area contributed by atoms with E-state index in [1.807, 2.05) is 31.2 Å². The molecule has 28 heavy (non-hydrogen) atoms. The van der Waals surface area contributed by atoms with Crippen LogP contribution in [0.3, 0.4) is 0 Å². The van der Waals surface area contributed by atoms with E-state index >= 15 is 0 Å². The Labute approximate surface area is 167 Å². The van der Waals surface area contributed by atoms with Gasteiger partial charge in [0.1, 0.15) is 0 Å². The monoisotopic (exact) mass is 419 g/mol. The van der Waals surface area contributed by atoms with Crippen LogP contribution in [0, 0.1) is 22.9 Å². The Kier molecular flexibility index (Phi) is 6.16. The van der Waals surface area contributed by atoms with E-state index < -0.39 is 22.3 Å². The second-order valence-electron chi connectivity index (χ2n) is 5.62. The quantitative estimate of drug-likeness (QED) is 0.332. The van der Waals surface area contributed by atoms with Crippen molar-refractivity contribution in [1.29, 1.82) is 0 Å². The first kappa shape index (κ1) is 19.7. The Morgan fingerprint density at radius 3 is 2.64 bits per heavy atom. The Hall–Kier alpha value is -3.05. The number of anilines is 3. The number of amides is 1. The molecule has 0 aliphatic heterocycles. The molecule has 0 atom stereocenters. The zero-order valence-electron chi connectivity index (χ0n) is 14.5. The van der Waals surface area contributed by atoms with Gasteiger partial charge in [0.2, 0.25) is 16.9 Å². The molecule has 0 fully saturated rings. The van der Waals surface area contributed by atoms with Crippen LogP contribution in [-0.2, 0) is 4.79 Å². The number of hydrogen-bond acceptors (Lipinski definition) is 8. The van der Waals surface area contributed by atoms with Gasteiger partial charge < -0.3 is 10.6 Å². The van der Waals surface area contributed by atoms with Gasteiger partial charge in [0.25, 0.3) is 0 Å². The number of nitro groups is 1. The number of thioether (sulfide) groups is 1. The molecule has 8 nitrogen and oxygen atoms in total. The van der Waals surface area contributed by atoms with Crippen molar-refractivity contribution in [3.05, 3.63) is 64.0 Å². The summed E-state index contributed by atoms with van der Waals surface area (Å²) in [7, 11) is 0. The highest BCUT2D eigenvalue weighted by molar-refractivity contribution is 8.01. The molecule has 1 amide bonds. The van der Waals surface area contributed by atoms with Crippen LogP contribution >= 0.6 is 23.1 Å². The Bertz CT molecular complexity index is 1010. The maximum absolute atomic E-state index is 13.3. The second-order valence-corrected chi connectivity index (χ2v) is 7.82. The van der Waals surface area contributed by atoms with Crippen molar-refractivity contribution in [3.8, 4) is 0 Å². The van der Waals surface area contributed by atoms with Crippen molar-refractivity contribution in [1.82, 2.24) is 10.2 Å². The third-order valence-electron chi connectivity index (χ3n) is 3.46. The van der Waals surface area contributed by atoms with Crippen LogP contribution in [0.5, 0.6) is 0 Å². The molecule has 3 rings (SSSR count). The smallest absolute Gasteiger partial charge is 0.306 e. The predicted molar refractivity (Wildman–Crippen MR) is 107 cm³/mol. The van der Waals surface area contributed by atoms with Gasteiger partial charge in [0, 0.05) is 17.4 Å². The number of aryl methyl sites for hydroxylation is 1. The van der Waals surface area contributed by atoms with E-state index in [4.69, 9.17) is 0 Å². The average molecular weight is 419 g/mol. The van der Waals surface area contributed by atoms with Gasteiger partial charge in [-0.1, -0.05) is 40.8 Å². The standard InChI is InChI=1S/C17H14FN5O3S2/c1-10-2-4-11(5-3-10)20-16-21-22-17(28-16)27-9-15(24)19-12-6-7-13(18)14(8-12)23(25)26/h2-8H,9H2,1H3,(H,19,24)(H,20,21). The fourth-order valence-electron chi connectivity index (χ4n) is 2.13. The summed E-state index contributed by atoms with van der Waals surface area (Å²) in [6, 6.07) is 11.0. The molecule has 144 valence electrons. The summed E-state index contributed by atoms with van der Waals surface area (Å²) < 4.78 is 13.9. The number of nitrogens with one attached hydrogen (secondary N) is 2. The van der Waals surface area contributed by atoms with Crippen LogP contribution in [0.15, 0.2) is 46.8 Å². The molecule has 11 heteroatoms. The van der Waals surface area contributed by atoms with Crippen molar-refractivity contribution in [2.24, 2.45) is 0 Å². The number of aromatic nitrogens is 2. The molecule has 3 aromatic rings. The Balaban J connectivity index is 1.54. The first-order valence-corrected chi connectivity index (χ1v) is 9.75. The molecule has 2 N–H and O–H groups in total. The number of carbonyl (C=O) groups excluding carboxylic acids is 1. The van der Waals surface area contributed by atoms with Crippen molar-refractivity contribution >= 4 is 51.2 Å². The third kappa shape index (κ3) is 5.24. The molecule has 1 aromatic heterocycles. The van der Waals surface area contributed by atoms with Crippen LogP contribution in [0.4, 0.5) is 26.6 Å². The lowest BCUT2D eigenvalue weighted by atomic mass is 10.2. The Morgan fingerprint density at radius 2 is 1.93 bits per heavy atom. The number of benzene rings is 2. The van der Waals surface area contributed by atoms with Gasteiger partial charge in [0.05, 0.1) is 10.7 Å². The second kappa shape index (κ2) is 8.76. The number of halogens is 1. The summed E-state index contributed by atoms with van der Waals surface area (Å²) in [4.78, 5) is 21.9. The minimum atomic E-state index is -0.958. The molecule has 0 unspecified atom stereocenters. The first-order valence-electron chi connectivity index (χ1n) is 7.94. The average Bonchev–Trinajstić information content (AvgIpc) is 3.11. The van der Waals surface area contributed by atoms with Crippen LogP contribution in [0.1, 0.15) is 5.56 Å². The summed E-state index contributed by atoms with van der Waals surface area (Å²) in [5.41, 5.74) is 1.49. The van der Waals surface area contributed by atoms with Gasteiger partial charge in [-0.05, 0) is 31.2 Å². The first-order chi connectivity index (χ1) is 13.4. The van der Waals surface area contributed by atoms with Gasteiger partial charge in [-0.2, -0.15) is 4.39 Å². The highest BCUT2D eigenvalue weighted by Gasteiger charge is 2.16. The molecule has 0 bridgehead atoms. The van der Waals surface area contributed by atoms with E-state index in [1.165, 1.54) is 29.2 Å². The minimum Gasteiger partial charge on any atom is -0.330 e. The summed E-state index contributed by atoms with van der Waals surface area (Å²) in [6.07, 6.45) is 0. The third-order valence-corrected chi connectivity index (χ3v) is 5.43. The summed E-state index contributed by atoms with van der Waals surface area (Å²) in [6.45, 7) is 2.00. The van der Waals surface area contributed by atoms with Crippen LogP contribution in [0.25, 0.3) is 0 Å². The van der Waals surface area contributed by atoms with E-state index in [2.05, 4.69) is 20.8 Å². The maximum Gasteiger partial charge on any atom is 0.306 e. The zero-order chi connectivity index (χ0) is 20.1. The normalized spacial score (nSPS) is 10.5. The predicted octanol–water partition coefficient (Wildman–Crippen LogP) is 4.37. The zero-order valence-corrected chi connectivity index (χ0v) is 16.1. The number of rotatable bonds is 7. The van der Waals surface area contributed by atoms with Gasteiger partial charge in [-0.3, -0.25) is 14.9 Å². The number of hydrogen-bond donors (Lipinski definition) is 2. The Morgan fingerprint density at radius 1 is 1.21 bits per heavy atom. The number of nitrogens with zero attached hydrogens (tertiary/aromatic N) is 3. The van der Waals surface area contributed by atoms with E-state index in [-0.39, 0.29) is 11.4 Å². The van der Waals surface area contributed by atoms with Crippen molar-refractivity contribution in [2.45, 2.75) is 11.3 Å². The van der Waals surface area contributed by atoms with Gasteiger partial charge in [-0.25, -0.2) is 0 Å². The fourth-order valence-corrected chi connectivity index (χ4v) is 3.71. The minimum absolute atomic E-state index is 0.0321. The maximum atomic E-state index is 13.3. The molecule has 0 spiro atoms. The lowest BCUT2D eigenvalue weighted by Gasteiger charge is -2.04. The lowest BCUT2D eigenvalue weighted by molar-refractivity contribution is -0.387. The molecular weight excluding hydrogens is 405 g/mol. The fraction of sp³-hybridized carbons (Fsp3) is 0.118. The van der Waals surface area contributed by atoms with Crippen LogP contribution in [0.2, 0.25) is 0 Å². The topological polar surface area (TPSA) is 110 Å². The largest absolute Gasteiger partial charge is 0.330 e. The SMILES string of the molecule is Cc1ccc(Nc2nnc(SCC(=O)Nc3ccc(F)c([N+](=O)[O-])c3)s2)cc1. The highest BCUT2D eigenvalue weighted by Crippen LogP contribution is 2.28. The van der Waals surface area contributed by atoms with Crippen molar-refractivity contribution in [2.75, 3.05) is 16.4 Å². The van der Waals surface area contributed by atoms with E-state index in [0.717, 1.165) is 23.4 Å². The van der Waals surface area contributed by atoms with Crippen molar-refractivity contribution in [3.63, 3.8) is 0 Å². The number of carbonyl (C=O) groups is 1. The number of nitro benzene ring substituents is 1. The molecular formula is C17H14FN5O3S2. The summed E-state index contributed by atoms with van der Waals surface area (Å²) in [5.74, 6) is -1.32. The van der Waals surface area contributed by atoms with Gasteiger partial charge in [0.15, 0.2) is 4.34 Å². The molecule has 0 aliphatic rings. The van der Waals surface area contributed by atoms with Crippen LogP contribution in [-0.4, -0.2) is 26.8 Å². The summed E-state index contributed by atoms with van der Waals surface area (Å²) >= 11 is 2.48. The van der Waals surface area contributed by atoms with E-state index in [0.29, 0.717) is 9.47 Å². The molecule has 0 aliphatic carbocycles. The van der Waals surface area contributed by atoms with Gasteiger partial charge >= 0.3 is 5.69 Å². The van der Waals surface area contributed by atoms with Crippen LogP contribution < -0.4 is 10.6 Å². The molecule has 0 saturated carbocycles. The molecule has 0 saturated heterocycles. The summed E-state index contributed by atoms with van der Waals surface area (Å²) in [5, 5.41) is 25.0. The lowest BCUT2D eigenvalue weighted by Crippen LogP contribution is -2.14. The van der Waals surface area contributed by atoms with E-state index in [9.17, 15) is 19.3 Å². The molecule has 2 aromatic carbocycles. The highest BCUT2D eigenvalue weighted by atomic mass is 32.2. The van der Waals surface area contributed by atoms with E-state index in [1.54, 1.807) is 0 Å². The van der Waals surface area contributed by atoms with Crippen molar-refractivity contribution < 1.29 is 14.1 Å². The molecule has 0 radical (unpaired) electrons. The van der Waals surface area contributed by atoms with Gasteiger partial charge in [-0.15, -0.1) is 10.2 Å².